The van der Waals surface area contributed by atoms with Gasteiger partial charge in [0.25, 0.3) is 0 Å². The number of carbonyl (C=O) groups excluding carboxylic acids is 1. The van der Waals surface area contributed by atoms with Crippen molar-refractivity contribution in [1.82, 2.24) is 0 Å². The van der Waals surface area contributed by atoms with Crippen LogP contribution in [0.3, 0.4) is 0 Å². The van der Waals surface area contributed by atoms with Crippen molar-refractivity contribution in [2.75, 3.05) is 7.11 Å². The second kappa shape index (κ2) is 4.40. The van der Waals surface area contributed by atoms with Gasteiger partial charge in [0.2, 0.25) is 5.83 Å². The Labute approximate surface area is 75.6 Å². The molecule has 0 bridgehead atoms. The van der Waals surface area contributed by atoms with E-state index >= 15 is 0 Å². The summed E-state index contributed by atoms with van der Waals surface area (Å²) in [4.78, 5) is 10.7. The lowest BCUT2D eigenvalue weighted by Gasteiger charge is -1.95. The van der Waals surface area contributed by atoms with Crippen molar-refractivity contribution in [3.05, 3.63) is 41.7 Å². The summed E-state index contributed by atoms with van der Waals surface area (Å²) in [5.41, 5.74) is 0.630. The molecule has 0 N–H and O–H groups in total. The van der Waals surface area contributed by atoms with E-state index in [9.17, 15) is 9.18 Å². The van der Waals surface area contributed by atoms with E-state index in [-0.39, 0.29) is 0 Å². The van der Waals surface area contributed by atoms with Gasteiger partial charge in [-0.25, -0.2) is 4.79 Å². The van der Waals surface area contributed by atoms with Gasteiger partial charge < -0.3 is 4.74 Å². The van der Waals surface area contributed by atoms with Crippen LogP contribution in [0.1, 0.15) is 5.56 Å². The first kappa shape index (κ1) is 9.45. The smallest absolute Gasteiger partial charge is 0.366 e. The lowest BCUT2D eigenvalue weighted by Crippen LogP contribution is -1.99. The number of hydrogen-bond acceptors (Lipinski definition) is 2. The van der Waals surface area contributed by atoms with E-state index in [1.807, 2.05) is 6.07 Å². The van der Waals surface area contributed by atoms with E-state index in [4.69, 9.17) is 0 Å². The summed E-state index contributed by atoms with van der Waals surface area (Å²) in [5.74, 6) is -1.85. The Kier molecular flexibility index (Phi) is 3.20. The zero-order valence-corrected chi connectivity index (χ0v) is 7.16. The van der Waals surface area contributed by atoms with E-state index in [2.05, 4.69) is 4.74 Å². The number of rotatable bonds is 2. The van der Waals surface area contributed by atoms with Gasteiger partial charge in [-0.05, 0) is 11.6 Å². The van der Waals surface area contributed by atoms with Crippen LogP contribution in [0, 0.1) is 0 Å². The molecule has 0 saturated carbocycles. The number of esters is 1. The summed E-state index contributed by atoms with van der Waals surface area (Å²) in [6.45, 7) is 0. The van der Waals surface area contributed by atoms with Crippen molar-refractivity contribution in [3.63, 3.8) is 0 Å². The first-order chi connectivity index (χ1) is 6.24. The molecule has 2 nitrogen and oxygen atoms in total. The first-order valence-corrected chi connectivity index (χ1v) is 3.74. The minimum atomic E-state index is -0.955. The van der Waals surface area contributed by atoms with Crippen LogP contribution in [0.25, 0.3) is 6.08 Å². The van der Waals surface area contributed by atoms with Gasteiger partial charge in [-0.1, -0.05) is 30.3 Å². The summed E-state index contributed by atoms with van der Waals surface area (Å²) in [7, 11) is 1.14. The molecule has 0 spiro atoms. The molecule has 1 aromatic carbocycles. The molecule has 0 heterocycles. The summed E-state index contributed by atoms with van der Waals surface area (Å²) >= 11 is 0. The fourth-order valence-corrected chi connectivity index (χ4v) is 0.852. The maximum atomic E-state index is 12.9. The zero-order chi connectivity index (χ0) is 9.68. The van der Waals surface area contributed by atoms with Gasteiger partial charge in [-0.2, -0.15) is 4.39 Å². The van der Waals surface area contributed by atoms with E-state index in [1.54, 1.807) is 24.3 Å². The second-order valence-electron chi connectivity index (χ2n) is 2.39. The Morgan fingerprint density at radius 2 is 2.00 bits per heavy atom. The minimum absolute atomic E-state index is 0.630. The molecule has 0 atom stereocenters. The Balaban J connectivity index is 2.83. The van der Waals surface area contributed by atoms with E-state index in [1.165, 1.54) is 0 Å². The van der Waals surface area contributed by atoms with Gasteiger partial charge in [0, 0.05) is 0 Å². The topological polar surface area (TPSA) is 26.3 Å². The molecule has 0 saturated heterocycles. The van der Waals surface area contributed by atoms with Gasteiger partial charge in [0.1, 0.15) is 0 Å². The molecule has 1 aromatic rings. The molecule has 0 aliphatic carbocycles. The third kappa shape index (κ3) is 2.71. The fraction of sp³-hybridized carbons (Fsp3) is 0.100. The minimum Gasteiger partial charge on any atom is -0.464 e. The third-order valence-corrected chi connectivity index (χ3v) is 1.47. The van der Waals surface area contributed by atoms with Crippen LogP contribution in [0.5, 0.6) is 0 Å². The standard InChI is InChI=1S/C10H9FO2/c1-13-10(12)9(11)7-8-5-3-2-4-6-8/h2-7H,1H3/b9-7+. The van der Waals surface area contributed by atoms with Crippen LogP contribution >= 0.6 is 0 Å². The maximum absolute atomic E-state index is 12.9. The molecule has 0 radical (unpaired) electrons. The molecule has 68 valence electrons. The number of ether oxygens (including phenoxy) is 1. The fourth-order valence-electron chi connectivity index (χ4n) is 0.852. The molecule has 1 rings (SSSR count). The van der Waals surface area contributed by atoms with Crippen molar-refractivity contribution < 1.29 is 13.9 Å². The van der Waals surface area contributed by atoms with Crippen molar-refractivity contribution in [3.8, 4) is 0 Å². The molecule has 0 aliphatic heterocycles. The number of benzene rings is 1. The van der Waals surface area contributed by atoms with Crippen LogP contribution in [0.4, 0.5) is 4.39 Å². The Morgan fingerprint density at radius 3 is 2.54 bits per heavy atom. The molecule has 0 unspecified atom stereocenters. The maximum Gasteiger partial charge on any atom is 0.366 e. The van der Waals surface area contributed by atoms with Gasteiger partial charge in [0.05, 0.1) is 7.11 Å². The quantitative estimate of drug-likeness (QED) is 0.515. The monoisotopic (exact) mass is 180 g/mol. The highest BCUT2D eigenvalue weighted by molar-refractivity contribution is 5.91. The summed E-state index contributed by atoms with van der Waals surface area (Å²) in [6.07, 6.45) is 1.13. The van der Waals surface area contributed by atoms with Crippen LogP contribution in [0.15, 0.2) is 36.2 Å². The van der Waals surface area contributed by atoms with Crippen molar-refractivity contribution in [1.29, 1.82) is 0 Å². The summed E-state index contributed by atoms with van der Waals surface area (Å²) < 4.78 is 17.1. The molecule has 3 heteroatoms. The largest absolute Gasteiger partial charge is 0.464 e. The van der Waals surface area contributed by atoms with E-state index in [0.29, 0.717) is 5.56 Å². The summed E-state index contributed by atoms with van der Waals surface area (Å²) in [6, 6.07) is 8.73. The van der Waals surface area contributed by atoms with Crippen LogP contribution in [-0.4, -0.2) is 13.1 Å². The lowest BCUT2D eigenvalue weighted by atomic mass is 10.2. The predicted molar refractivity (Wildman–Crippen MR) is 47.5 cm³/mol. The number of carbonyl (C=O) groups is 1. The van der Waals surface area contributed by atoms with Crippen molar-refractivity contribution >= 4 is 12.0 Å². The average molecular weight is 180 g/mol. The van der Waals surface area contributed by atoms with Gasteiger partial charge in [-0.3, -0.25) is 0 Å². The molecule has 0 fully saturated rings. The van der Waals surface area contributed by atoms with Gasteiger partial charge in [0.15, 0.2) is 0 Å². The Bertz CT molecular complexity index is 317. The lowest BCUT2D eigenvalue weighted by molar-refractivity contribution is -0.137. The summed E-state index contributed by atoms with van der Waals surface area (Å²) in [5, 5.41) is 0. The molecular formula is C10H9FO2. The molecule has 0 aromatic heterocycles. The van der Waals surface area contributed by atoms with Crippen molar-refractivity contribution in [2.45, 2.75) is 0 Å². The van der Waals surface area contributed by atoms with Gasteiger partial charge >= 0.3 is 5.97 Å². The average Bonchev–Trinajstić information content (AvgIpc) is 2.18. The van der Waals surface area contributed by atoms with E-state index in [0.717, 1.165) is 13.2 Å². The molecule has 13 heavy (non-hydrogen) atoms. The highest BCUT2D eigenvalue weighted by Gasteiger charge is 2.06. The normalized spacial score (nSPS) is 11.1. The third-order valence-electron chi connectivity index (χ3n) is 1.47. The van der Waals surface area contributed by atoms with Crippen molar-refractivity contribution in [2.24, 2.45) is 0 Å². The highest BCUT2D eigenvalue weighted by atomic mass is 19.1. The Hall–Kier alpha value is -1.64. The molecule has 0 aliphatic rings. The van der Waals surface area contributed by atoms with Crippen LogP contribution in [0.2, 0.25) is 0 Å². The second-order valence-corrected chi connectivity index (χ2v) is 2.39. The van der Waals surface area contributed by atoms with Crippen LogP contribution in [-0.2, 0) is 9.53 Å². The molecular weight excluding hydrogens is 171 g/mol. The number of halogens is 1. The molecule has 0 amide bonds. The number of methoxy groups -OCH3 is 1. The van der Waals surface area contributed by atoms with Gasteiger partial charge in [-0.15, -0.1) is 0 Å². The SMILES string of the molecule is COC(=O)/C(F)=C\c1ccccc1. The highest BCUT2D eigenvalue weighted by Crippen LogP contribution is 2.08. The van der Waals surface area contributed by atoms with Crippen LogP contribution < -0.4 is 0 Å². The zero-order valence-electron chi connectivity index (χ0n) is 7.16. The van der Waals surface area contributed by atoms with E-state index < -0.39 is 11.8 Å². The predicted octanol–water partition coefficient (Wildman–Crippen LogP) is 2.17. The Morgan fingerprint density at radius 1 is 1.38 bits per heavy atom. The number of hydrogen-bond donors (Lipinski definition) is 0. The first-order valence-electron chi connectivity index (χ1n) is 3.74.